The minimum absolute atomic E-state index is 0.173. The van der Waals surface area contributed by atoms with Gasteiger partial charge in [0.2, 0.25) is 5.91 Å². The summed E-state index contributed by atoms with van der Waals surface area (Å²) >= 11 is 0. The van der Waals surface area contributed by atoms with Crippen LogP contribution in [0.4, 0.5) is 0 Å². The third-order valence-corrected chi connectivity index (χ3v) is 4.35. The first kappa shape index (κ1) is 16.0. The SMILES string of the molecule is CCN1CCN(C(=O)CN(C)C(C)C)C[C@H]1c1ncc[nH]1. The lowest BCUT2D eigenvalue weighted by molar-refractivity contribution is -0.135. The second-order valence-corrected chi connectivity index (χ2v) is 5.97. The summed E-state index contributed by atoms with van der Waals surface area (Å²) in [6.07, 6.45) is 3.62. The van der Waals surface area contributed by atoms with Crippen molar-refractivity contribution in [1.29, 1.82) is 0 Å². The molecule has 1 aromatic rings. The van der Waals surface area contributed by atoms with Crippen LogP contribution >= 0.6 is 0 Å². The number of carbonyl (C=O) groups excluding carboxylic acids is 1. The maximum atomic E-state index is 12.5. The number of H-pyrrole nitrogens is 1. The van der Waals surface area contributed by atoms with E-state index in [4.69, 9.17) is 0 Å². The largest absolute Gasteiger partial charge is 0.347 e. The highest BCUT2D eigenvalue weighted by Gasteiger charge is 2.31. The molecule has 1 atom stereocenters. The zero-order valence-electron chi connectivity index (χ0n) is 13.5. The maximum Gasteiger partial charge on any atom is 0.236 e. The summed E-state index contributed by atoms with van der Waals surface area (Å²) in [6.45, 7) is 10.2. The first-order valence-corrected chi connectivity index (χ1v) is 7.74. The second-order valence-electron chi connectivity index (χ2n) is 5.97. The molecule has 1 aliphatic heterocycles. The highest BCUT2D eigenvalue weighted by molar-refractivity contribution is 5.78. The van der Waals surface area contributed by atoms with Gasteiger partial charge < -0.3 is 9.88 Å². The molecule has 0 unspecified atom stereocenters. The van der Waals surface area contributed by atoms with Gasteiger partial charge in [-0.2, -0.15) is 0 Å². The van der Waals surface area contributed by atoms with Gasteiger partial charge in [0.1, 0.15) is 5.82 Å². The van der Waals surface area contributed by atoms with Gasteiger partial charge in [-0.3, -0.25) is 14.6 Å². The van der Waals surface area contributed by atoms with Crippen molar-refractivity contribution in [1.82, 2.24) is 24.7 Å². The summed E-state index contributed by atoms with van der Waals surface area (Å²) in [6, 6.07) is 0.554. The fraction of sp³-hybridized carbons (Fsp3) is 0.733. The molecule has 1 aliphatic rings. The van der Waals surface area contributed by atoms with E-state index in [1.807, 2.05) is 18.1 Å². The van der Waals surface area contributed by atoms with E-state index in [1.165, 1.54) is 0 Å². The van der Waals surface area contributed by atoms with Gasteiger partial charge in [-0.05, 0) is 27.4 Å². The lowest BCUT2D eigenvalue weighted by Gasteiger charge is -2.40. The first-order chi connectivity index (χ1) is 10.0. The standard InChI is InChI=1S/C15H27N5O/c1-5-19-8-9-20(14(21)11-18(4)12(2)3)10-13(19)15-16-6-7-17-15/h6-7,12-13H,5,8-11H2,1-4H3,(H,16,17)/t13-/m0/s1. The van der Waals surface area contributed by atoms with Crippen LogP contribution in [-0.2, 0) is 4.79 Å². The van der Waals surface area contributed by atoms with E-state index in [0.29, 0.717) is 19.1 Å². The zero-order chi connectivity index (χ0) is 15.4. The smallest absolute Gasteiger partial charge is 0.236 e. The van der Waals surface area contributed by atoms with Gasteiger partial charge in [-0.15, -0.1) is 0 Å². The summed E-state index contributed by atoms with van der Waals surface area (Å²) in [7, 11) is 1.99. The molecule has 0 bridgehead atoms. The lowest BCUT2D eigenvalue weighted by atomic mass is 10.1. The average Bonchev–Trinajstić information content (AvgIpc) is 3.00. The fourth-order valence-corrected chi connectivity index (χ4v) is 2.64. The van der Waals surface area contributed by atoms with E-state index in [9.17, 15) is 4.79 Å². The molecule has 1 aromatic heterocycles. The Labute approximate surface area is 127 Å². The number of likely N-dealkylation sites (N-methyl/N-ethyl adjacent to an activating group) is 2. The van der Waals surface area contributed by atoms with Crippen LogP contribution in [0.3, 0.4) is 0 Å². The number of imidazole rings is 1. The van der Waals surface area contributed by atoms with Crippen LogP contribution in [-0.4, -0.2) is 76.4 Å². The number of amides is 1. The average molecular weight is 293 g/mol. The van der Waals surface area contributed by atoms with Crippen molar-refractivity contribution in [2.75, 3.05) is 39.8 Å². The molecule has 1 N–H and O–H groups in total. The Hall–Kier alpha value is -1.40. The van der Waals surface area contributed by atoms with Crippen molar-refractivity contribution >= 4 is 5.91 Å². The number of hydrogen-bond acceptors (Lipinski definition) is 4. The van der Waals surface area contributed by atoms with Crippen LogP contribution in [0.15, 0.2) is 12.4 Å². The van der Waals surface area contributed by atoms with Crippen molar-refractivity contribution in [2.24, 2.45) is 0 Å². The van der Waals surface area contributed by atoms with Gasteiger partial charge in [0.15, 0.2) is 0 Å². The molecule has 2 heterocycles. The second kappa shape index (κ2) is 7.04. The molecule has 6 heteroatoms. The Morgan fingerprint density at radius 2 is 2.29 bits per heavy atom. The minimum atomic E-state index is 0.173. The van der Waals surface area contributed by atoms with E-state index < -0.39 is 0 Å². The van der Waals surface area contributed by atoms with E-state index in [1.54, 1.807) is 6.20 Å². The number of carbonyl (C=O) groups is 1. The highest BCUT2D eigenvalue weighted by Crippen LogP contribution is 2.22. The summed E-state index contributed by atoms with van der Waals surface area (Å²) in [5, 5.41) is 0. The normalized spacial score (nSPS) is 20.5. The number of nitrogens with zero attached hydrogens (tertiary/aromatic N) is 4. The van der Waals surface area contributed by atoms with Crippen molar-refractivity contribution in [3.8, 4) is 0 Å². The molecule has 0 saturated carbocycles. The first-order valence-electron chi connectivity index (χ1n) is 7.74. The van der Waals surface area contributed by atoms with Crippen molar-refractivity contribution < 1.29 is 4.79 Å². The van der Waals surface area contributed by atoms with Gasteiger partial charge in [0.25, 0.3) is 0 Å². The molecule has 0 spiro atoms. The fourth-order valence-electron chi connectivity index (χ4n) is 2.64. The molecular weight excluding hydrogens is 266 g/mol. The van der Waals surface area contributed by atoms with Crippen molar-refractivity contribution in [3.63, 3.8) is 0 Å². The third-order valence-electron chi connectivity index (χ3n) is 4.35. The van der Waals surface area contributed by atoms with Gasteiger partial charge >= 0.3 is 0 Å². The van der Waals surface area contributed by atoms with Gasteiger partial charge in [0, 0.05) is 38.1 Å². The number of aromatic nitrogens is 2. The molecule has 1 fully saturated rings. The summed E-state index contributed by atoms with van der Waals surface area (Å²) in [5.74, 6) is 1.16. The van der Waals surface area contributed by atoms with Gasteiger partial charge in [0.05, 0.1) is 12.6 Å². The molecule has 1 amide bonds. The topological polar surface area (TPSA) is 55.5 Å². The number of aromatic amines is 1. The van der Waals surface area contributed by atoms with E-state index in [-0.39, 0.29) is 11.9 Å². The Morgan fingerprint density at radius 3 is 2.86 bits per heavy atom. The Bertz CT molecular complexity index is 445. The van der Waals surface area contributed by atoms with Crippen LogP contribution in [0.5, 0.6) is 0 Å². The Kier molecular flexibility index (Phi) is 5.36. The molecule has 2 rings (SSSR count). The molecule has 0 radical (unpaired) electrons. The number of nitrogens with one attached hydrogen (secondary N) is 1. The summed E-state index contributed by atoms with van der Waals surface area (Å²) in [4.78, 5) is 26.4. The number of piperazine rings is 1. The van der Waals surface area contributed by atoms with Gasteiger partial charge in [-0.25, -0.2) is 4.98 Å². The molecule has 0 aliphatic carbocycles. The van der Waals surface area contributed by atoms with Gasteiger partial charge in [-0.1, -0.05) is 6.92 Å². The summed E-state index contributed by atoms with van der Waals surface area (Å²) < 4.78 is 0. The molecular formula is C15H27N5O. The third kappa shape index (κ3) is 3.83. The number of rotatable bonds is 5. The molecule has 118 valence electrons. The predicted octanol–water partition coefficient (Wildman–Crippen LogP) is 0.955. The van der Waals surface area contributed by atoms with E-state index in [0.717, 1.165) is 25.5 Å². The number of hydrogen-bond donors (Lipinski definition) is 1. The Balaban J connectivity index is 2.02. The van der Waals surface area contributed by atoms with Crippen LogP contribution in [0.25, 0.3) is 0 Å². The highest BCUT2D eigenvalue weighted by atomic mass is 16.2. The van der Waals surface area contributed by atoms with Crippen molar-refractivity contribution in [2.45, 2.75) is 32.9 Å². The van der Waals surface area contributed by atoms with Crippen molar-refractivity contribution in [3.05, 3.63) is 18.2 Å². The van der Waals surface area contributed by atoms with Crippen LogP contribution in [0.1, 0.15) is 32.6 Å². The van der Waals surface area contributed by atoms with E-state index in [2.05, 4.69) is 40.5 Å². The van der Waals surface area contributed by atoms with Crippen LogP contribution in [0.2, 0.25) is 0 Å². The molecule has 6 nitrogen and oxygen atoms in total. The predicted molar refractivity (Wildman–Crippen MR) is 82.9 cm³/mol. The molecule has 1 saturated heterocycles. The quantitative estimate of drug-likeness (QED) is 0.878. The summed E-state index contributed by atoms with van der Waals surface area (Å²) in [5.41, 5.74) is 0. The monoisotopic (exact) mass is 293 g/mol. The zero-order valence-corrected chi connectivity index (χ0v) is 13.5. The minimum Gasteiger partial charge on any atom is -0.347 e. The lowest BCUT2D eigenvalue weighted by Crippen LogP contribution is -2.52. The van der Waals surface area contributed by atoms with Crippen LogP contribution in [0, 0.1) is 0 Å². The van der Waals surface area contributed by atoms with E-state index >= 15 is 0 Å². The molecule has 0 aromatic carbocycles. The maximum absolute atomic E-state index is 12.5. The Morgan fingerprint density at radius 1 is 1.52 bits per heavy atom. The molecule has 21 heavy (non-hydrogen) atoms. The van der Waals surface area contributed by atoms with Crippen LogP contribution < -0.4 is 0 Å².